The van der Waals surface area contributed by atoms with Gasteiger partial charge in [-0.2, -0.15) is 0 Å². The number of carbonyl (C=O) groups is 2. The van der Waals surface area contributed by atoms with Crippen molar-refractivity contribution in [1.29, 1.82) is 0 Å². The van der Waals surface area contributed by atoms with Crippen molar-refractivity contribution < 1.29 is 37.3 Å². The first-order chi connectivity index (χ1) is 38.4. The smallest absolute Gasteiger partial charge is 0.456 e. The van der Waals surface area contributed by atoms with Crippen molar-refractivity contribution in [3.8, 4) is 0 Å². The molecule has 0 radical (unpaired) electrons. The third-order valence-electron chi connectivity index (χ3n) is 13.4. The van der Waals surface area contributed by atoms with E-state index in [2.05, 4.69) is 135 Å². The Balaban J connectivity index is 5.28. The first-order valence-corrected chi connectivity index (χ1v) is 33.4. The fraction of sp³-hybridized carbons (Fsp3) is 0.681. The molecule has 1 amide bonds. The number of carbonyl (C=O) groups excluding carboxylic acids is 2. The van der Waals surface area contributed by atoms with E-state index in [1.165, 1.54) is 70.6 Å². The van der Waals surface area contributed by atoms with Gasteiger partial charge in [0, 0.05) is 12.8 Å². The van der Waals surface area contributed by atoms with Crippen LogP contribution in [0.4, 0.5) is 0 Å². The summed E-state index contributed by atoms with van der Waals surface area (Å²) >= 11 is 0. The van der Waals surface area contributed by atoms with Gasteiger partial charge in [0.2, 0.25) is 5.91 Å². The van der Waals surface area contributed by atoms with Gasteiger partial charge in [-0.1, -0.05) is 239 Å². The van der Waals surface area contributed by atoms with Gasteiger partial charge in [-0.15, -0.1) is 0 Å². The number of likely N-dealkylation sites (N-methyl/N-ethyl adjacent to an activating group) is 1. The molecule has 0 saturated carbocycles. The first-order valence-electron chi connectivity index (χ1n) is 31.9. The summed E-state index contributed by atoms with van der Waals surface area (Å²) in [6.45, 7) is 6.82. The second kappa shape index (κ2) is 57.6. The molecule has 2 N–H and O–H groups in total. The molecule has 0 aromatic rings. The van der Waals surface area contributed by atoms with E-state index in [-0.39, 0.29) is 31.5 Å². The maximum absolute atomic E-state index is 13.6. The summed E-state index contributed by atoms with van der Waals surface area (Å²) in [7, 11) is 1.45. The van der Waals surface area contributed by atoms with Crippen molar-refractivity contribution in [2.75, 3.05) is 40.9 Å². The number of phosphoric ester groups is 1. The average molecular weight is 1120 g/mol. The van der Waals surface area contributed by atoms with Crippen LogP contribution in [0.1, 0.15) is 252 Å². The number of hydrogen-bond acceptors (Lipinski definition) is 6. The zero-order valence-corrected chi connectivity index (χ0v) is 52.5. The molecule has 3 atom stereocenters. The standard InChI is InChI=1S/C69H119N2O7P/c1-7-10-13-16-19-22-25-27-29-31-33-35-37-39-41-43-46-49-52-55-58-61-68(72)70-66(65-77-79(74,75)76-64-63-71(4,5)6)67(60-57-54-51-48-45-24-21-18-15-12-9-3)78-69(73)62-59-56-53-50-47-44-42-40-38-36-34-32-30-28-26-23-20-17-14-11-8-2/h11,14,19-20,22-23,27-30,33-36,39-42,57,60,66-67H,7-10,12-13,15-18,21,24-26,31-32,37-38,43-56,58-59,61-65H2,1-6H3,(H-,70,72,74,75)/p+1/b14-11-,22-19-,23-20-,29-27-,30-28-,35-33-,36-34-,41-39-,42-40-,60-57+. The third kappa shape index (κ3) is 58.9. The Labute approximate surface area is 486 Å². The van der Waals surface area contributed by atoms with Crippen molar-refractivity contribution in [3.63, 3.8) is 0 Å². The lowest BCUT2D eigenvalue weighted by molar-refractivity contribution is -0.870. The molecule has 0 aliphatic heterocycles. The van der Waals surface area contributed by atoms with Crippen LogP contribution in [-0.4, -0.2) is 74.3 Å². The summed E-state index contributed by atoms with van der Waals surface area (Å²) in [5, 5.41) is 3.04. The number of ether oxygens (including phenoxy) is 1. The highest BCUT2D eigenvalue weighted by Crippen LogP contribution is 2.43. The minimum atomic E-state index is -4.47. The van der Waals surface area contributed by atoms with E-state index in [0.717, 1.165) is 141 Å². The van der Waals surface area contributed by atoms with Crippen LogP contribution in [0, 0.1) is 0 Å². The van der Waals surface area contributed by atoms with Crippen LogP contribution in [0.3, 0.4) is 0 Å². The van der Waals surface area contributed by atoms with Crippen molar-refractivity contribution in [2.24, 2.45) is 0 Å². The fourth-order valence-electron chi connectivity index (χ4n) is 8.48. The number of amides is 1. The molecular weight excluding hydrogens is 1000 g/mol. The predicted molar refractivity (Wildman–Crippen MR) is 341 cm³/mol. The van der Waals surface area contributed by atoms with E-state index in [0.29, 0.717) is 23.9 Å². The van der Waals surface area contributed by atoms with E-state index >= 15 is 0 Å². The molecule has 3 unspecified atom stereocenters. The SMILES string of the molecule is CC/C=C\C/C=C\C/C=C\C/C=C\C/C=C\CCCCCCCC(=O)OC(/C=C/CCCCCCCCCCC)C(COP(=O)(O)OCC[N+](C)(C)C)NC(=O)CCCCCCC/C=C\C/C=C\C/C=C\C/C=C\CCCCC. The van der Waals surface area contributed by atoms with Gasteiger partial charge in [0.15, 0.2) is 0 Å². The number of quaternary nitrogens is 1. The largest absolute Gasteiger partial charge is 0.472 e. The quantitative estimate of drug-likeness (QED) is 0.0205. The maximum Gasteiger partial charge on any atom is 0.472 e. The molecule has 0 fully saturated rings. The van der Waals surface area contributed by atoms with Gasteiger partial charge in [0.25, 0.3) is 0 Å². The van der Waals surface area contributed by atoms with E-state index in [4.69, 9.17) is 13.8 Å². The topological polar surface area (TPSA) is 111 Å². The molecule has 79 heavy (non-hydrogen) atoms. The van der Waals surface area contributed by atoms with Gasteiger partial charge in [-0.25, -0.2) is 4.57 Å². The summed E-state index contributed by atoms with van der Waals surface area (Å²) < 4.78 is 30.7. The Morgan fingerprint density at radius 3 is 1.24 bits per heavy atom. The van der Waals surface area contributed by atoms with Gasteiger partial charge >= 0.3 is 13.8 Å². The van der Waals surface area contributed by atoms with Crippen molar-refractivity contribution in [2.45, 2.75) is 264 Å². The molecule has 0 aromatic heterocycles. The number of rotatable bonds is 56. The van der Waals surface area contributed by atoms with Crippen molar-refractivity contribution in [3.05, 3.63) is 122 Å². The summed E-state index contributed by atoms with van der Waals surface area (Å²) in [5.41, 5.74) is 0. The number of esters is 1. The van der Waals surface area contributed by atoms with Crippen LogP contribution in [0.15, 0.2) is 122 Å². The normalized spacial score (nSPS) is 14.5. The van der Waals surface area contributed by atoms with Gasteiger partial charge in [-0.05, 0) is 122 Å². The number of hydrogen-bond donors (Lipinski definition) is 2. The lowest BCUT2D eigenvalue weighted by atomic mass is 10.1. The molecular formula is C69H120N2O7P+. The minimum Gasteiger partial charge on any atom is -0.456 e. The Hall–Kier alpha value is -3.59. The van der Waals surface area contributed by atoms with Crippen molar-refractivity contribution >= 4 is 19.7 Å². The van der Waals surface area contributed by atoms with E-state index in [1.807, 2.05) is 33.3 Å². The molecule has 0 heterocycles. The van der Waals surface area contributed by atoms with Gasteiger partial charge < -0.3 is 19.4 Å². The lowest BCUT2D eigenvalue weighted by Gasteiger charge is -2.27. The molecule has 9 nitrogen and oxygen atoms in total. The molecule has 0 aromatic carbocycles. The van der Waals surface area contributed by atoms with Crippen LogP contribution >= 0.6 is 7.82 Å². The molecule has 0 bridgehead atoms. The Kier molecular flexibility index (Phi) is 55.0. The molecule has 0 aliphatic carbocycles. The summed E-state index contributed by atoms with van der Waals surface area (Å²) in [6, 6.07) is -0.875. The highest BCUT2D eigenvalue weighted by Gasteiger charge is 2.30. The lowest BCUT2D eigenvalue weighted by Crippen LogP contribution is -2.47. The van der Waals surface area contributed by atoms with Crippen LogP contribution < -0.4 is 5.32 Å². The zero-order chi connectivity index (χ0) is 57.9. The second-order valence-corrected chi connectivity index (χ2v) is 23.6. The van der Waals surface area contributed by atoms with Crippen LogP contribution in [0.5, 0.6) is 0 Å². The molecule has 0 aliphatic rings. The second-order valence-electron chi connectivity index (χ2n) is 22.2. The summed E-state index contributed by atoms with van der Waals surface area (Å²) in [4.78, 5) is 37.7. The summed E-state index contributed by atoms with van der Waals surface area (Å²) in [5.74, 6) is -0.556. The Morgan fingerprint density at radius 1 is 0.456 bits per heavy atom. The number of nitrogens with one attached hydrogen (secondary N) is 1. The van der Waals surface area contributed by atoms with Gasteiger partial charge in [0.05, 0.1) is 33.8 Å². The van der Waals surface area contributed by atoms with Gasteiger partial charge in [-0.3, -0.25) is 18.6 Å². The maximum atomic E-state index is 13.6. The number of unbranched alkanes of at least 4 members (excludes halogenated alkanes) is 22. The van der Waals surface area contributed by atoms with Crippen LogP contribution in [0.2, 0.25) is 0 Å². The monoisotopic (exact) mass is 1120 g/mol. The zero-order valence-electron chi connectivity index (χ0n) is 51.6. The van der Waals surface area contributed by atoms with Crippen molar-refractivity contribution in [1.82, 2.24) is 5.32 Å². The van der Waals surface area contributed by atoms with E-state index in [1.54, 1.807) is 0 Å². The van der Waals surface area contributed by atoms with E-state index < -0.39 is 20.0 Å². The van der Waals surface area contributed by atoms with Gasteiger partial charge in [0.1, 0.15) is 19.3 Å². The molecule has 10 heteroatoms. The number of phosphoric acid groups is 1. The minimum absolute atomic E-state index is 0.0261. The molecule has 0 saturated heterocycles. The highest BCUT2D eigenvalue weighted by atomic mass is 31.2. The number of allylic oxidation sites excluding steroid dienone is 19. The van der Waals surface area contributed by atoms with Crippen LogP contribution in [-0.2, 0) is 27.9 Å². The fourth-order valence-corrected chi connectivity index (χ4v) is 9.21. The molecule has 452 valence electrons. The Morgan fingerprint density at radius 2 is 0.810 bits per heavy atom. The molecule has 0 spiro atoms. The average Bonchev–Trinajstić information content (AvgIpc) is 3.41. The highest BCUT2D eigenvalue weighted by molar-refractivity contribution is 7.47. The van der Waals surface area contributed by atoms with Crippen LogP contribution in [0.25, 0.3) is 0 Å². The number of nitrogens with zero attached hydrogens (tertiary/aromatic N) is 1. The Bertz CT molecular complexity index is 1770. The van der Waals surface area contributed by atoms with E-state index in [9.17, 15) is 19.0 Å². The molecule has 0 rings (SSSR count). The third-order valence-corrected chi connectivity index (χ3v) is 14.4. The first kappa shape index (κ1) is 75.4. The predicted octanol–water partition coefficient (Wildman–Crippen LogP) is 19.9. The summed E-state index contributed by atoms with van der Waals surface area (Å²) in [6.07, 6.45) is 80.5.